The third-order valence-corrected chi connectivity index (χ3v) is 4.03. The molecule has 0 atom stereocenters. The number of hydrogen-bond acceptors (Lipinski definition) is 4. The third-order valence-electron chi connectivity index (χ3n) is 4.03. The van der Waals surface area contributed by atoms with Crippen LogP contribution in [0.2, 0.25) is 0 Å². The number of imidazole rings is 1. The second kappa shape index (κ2) is 7.03. The van der Waals surface area contributed by atoms with E-state index in [4.69, 9.17) is 5.11 Å². The van der Waals surface area contributed by atoms with Crippen molar-refractivity contribution in [3.8, 4) is 0 Å². The number of piperidine rings is 1. The summed E-state index contributed by atoms with van der Waals surface area (Å²) in [6.45, 7) is 5.42. The molecule has 0 aliphatic carbocycles. The Morgan fingerprint density at radius 3 is 2.74 bits per heavy atom. The van der Waals surface area contributed by atoms with Gasteiger partial charge < -0.3 is 14.6 Å². The minimum absolute atomic E-state index is 0.281. The Bertz CT molecular complexity index is 371. The van der Waals surface area contributed by atoms with Gasteiger partial charge in [-0.1, -0.05) is 0 Å². The number of β-amino-alcohol motifs (C(OH)–C–C–N with tert-alkyl or cyclic N) is 1. The molecule has 1 aromatic rings. The maximum absolute atomic E-state index is 8.94. The molecular weight excluding hydrogens is 240 g/mol. The summed E-state index contributed by atoms with van der Waals surface area (Å²) in [4.78, 5) is 9.10. The van der Waals surface area contributed by atoms with Gasteiger partial charge in [0.05, 0.1) is 13.2 Å². The van der Waals surface area contributed by atoms with Gasteiger partial charge in [0.15, 0.2) is 0 Å². The third kappa shape index (κ3) is 4.30. The molecule has 0 spiro atoms. The molecule has 5 heteroatoms. The van der Waals surface area contributed by atoms with Crippen molar-refractivity contribution >= 4 is 0 Å². The van der Waals surface area contributed by atoms with Gasteiger partial charge in [-0.2, -0.15) is 0 Å². The predicted octanol–water partition coefficient (Wildman–Crippen LogP) is 0.556. The van der Waals surface area contributed by atoms with E-state index in [1.165, 1.54) is 12.8 Å². The van der Waals surface area contributed by atoms with Crippen LogP contribution in [0.3, 0.4) is 0 Å². The number of aromatic nitrogens is 2. The summed E-state index contributed by atoms with van der Waals surface area (Å²) in [5.41, 5.74) is 0. The van der Waals surface area contributed by atoms with Gasteiger partial charge in [-0.05, 0) is 38.9 Å². The summed E-state index contributed by atoms with van der Waals surface area (Å²) in [7, 11) is 4.22. The molecule has 0 bridgehead atoms. The molecule has 1 aromatic heterocycles. The molecule has 0 radical (unpaired) electrons. The molecule has 0 aromatic carbocycles. The lowest BCUT2D eigenvalue weighted by Gasteiger charge is -2.33. The molecule has 19 heavy (non-hydrogen) atoms. The average molecular weight is 266 g/mol. The van der Waals surface area contributed by atoms with Crippen molar-refractivity contribution in [1.82, 2.24) is 19.4 Å². The Labute approximate surface area is 115 Å². The van der Waals surface area contributed by atoms with E-state index >= 15 is 0 Å². The molecule has 5 nitrogen and oxygen atoms in total. The molecule has 2 heterocycles. The lowest BCUT2D eigenvalue weighted by Crippen LogP contribution is -2.39. The molecule has 1 aliphatic heterocycles. The zero-order valence-electron chi connectivity index (χ0n) is 12.1. The molecule has 0 amide bonds. The number of hydrogen-bond donors (Lipinski definition) is 1. The van der Waals surface area contributed by atoms with Crippen molar-refractivity contribution in [2.75, 3.05) is 39.8 Å². The minimum atomic E-state index is 0.281. The molecular formula is C14H26N4O. The number of aryl methyl sites for hydroxylation is 1. The molecule has 1 N–H and O–H groups in total. The maximum Gasteiger partial charge on any atom is 0.122 e. The standard InChI is InChI=1S/C14H26N4O/c1-16(12-14-15-5-8-17(14)2)11-13-3-6-18(7-4-13)9-10-19/h5,8,13,19H,3-4,6-7,9-12H2,1-2H3. The highest BCUT2D eigenvalue weighted by Crippen LogP contribution is 2.18. The first-order chi connectivity index (χ1) is 9.19. The van der Waals surface area contributed by atoms with Crippen LogP contribution in [0, 0.1) is 5.92 Å². The van der Waals surface area contributed by atoms with Gasteiger partial charge in [0.2, 0.25) is 0 Å². The van der Waals surface area contributed by atoms with Crippen molar-refractivity contribution in [3.63, 3.8) is 0 Å². The van der Waals surface area contributed by atoms with E-state index in [2.05, 4.69) is 26.4 Å². The smallest absolute Gasteiger partial charge is 0.122 e. The Morgan fingerprint density at radius 1 is 1.42 bits per heavy atom. The van der Waals surface area contributed by atoms with Gasteiger partial charge in [-0.25, -0.2) is 4.98 Å². The zero-order valence-corrected chi connectivity index (χ0v) is 12.1. The largest absolute Gasteiger partial charge is 0.395 e. The van der Waals surface area contributed by atoms with Crippen molar-refractivity contribution in [2.45, 2.75) is 19.4 Å². The van der Waals surface area contributed by atoms with E-state index in [1.807, 2.05) is 19.4 Å². The van der Waals surface area contributed by atoms with Crippen LogP contribution in [0.1, 0.15) is 18.7 Å². The fraction of sp³-hybridized carbons (Fsp3) is 0.786. The Kier molecular flexibility index (Phi) is 5.36. The number of likely N-dealkylation sites (tertiary alicyclic amines) is 1. The van der Waals surface area contributed by atoms with Gasteiger partial charge in [-0.3, -0.25) is 4.90 Å². The number of aliphatic hydroxyl groups is 1. The van der Waals surface area contributed by atoms with Gasteiger partial charge in [0, 0.05) is 32.5 Å². The lowest BCUT2D eigenvalue weighted by atomic mass is 9.96. The highest BCUT2D eigenvalue weighted by atomic mass is 16.3. The second-order valence-electron chi connectivity index (χ2n) is 5.66. The Hall–Kier alpha value is -0.910. The summed E-state index contributed by atoms with van der Waals surface area (Å²) in [6.07, 6.45) is 6.34. The summed E-state index contributed by atoms with van der Waals surface area (Å²) in [6, 6.07) is 0. The quantitative estimate of drug-likeness (QED) is 0.817. The van der Waals surface area contributed by atoms with Crippen LogP contribution in [0.25, 0.3) is 0 Å². The average Bonchev–Trinajstić information content (AvgIpc) is 2.78. The highest BCUT2D eigenvalue weighted by Gasteiger charge is 2.20. The molecule has 0 unspecified atom stereocenters. The van der Waals surface area contributed by atoms with E-state index in [-0.39, 0.29) is 6.61 Å². The van der Waals surface area contributed by atoms with Crippen LogP contribution in [0.4, 0.5) is 0 Å². The van der Waals surface area contributed by atoms with Gasteiger partial charge in [0.1, 0.15) is 5.82 Å². The normalized spacial score (nSPS) is 18.3. The molecule has 108 valence electrons. The zero-order chi connectivity index (χ0) is 13.7. The summed E-state index contributed by atoms with van der Waals surface area (Å²) in [5, 5.41) is 8.94. The van der Waals surface area contributed by atoms with E-state index in [9.17, 15) is 0 Å². The fourth-order valence-corrected chi connectivity index (χ4v) is 2.83. The highest BCUT2D eigenvalue weighted by molar-refractivity contribution is 4.90. The molecule has 2 rings (SSSR count). The molecule has 0 saturated carbocycles. The summed E-state index contributed by atoms with van der Waals surface area (Å²) >= 11 is 0. The molecule has 1 aliphatic rings. The predicted molar refractivity (Wildman–Crippen MR) is 75.8 cm³/mol. The van der Waals surface area contributed by atoms with Crippen LogP contribution in [-0.2, 0) is 13.6 Å². The first kappa shape index (κ1) is 14.5. The van der Waals surface area contributed by atoms with E-state index in [0.29, 0.717) is 0 Å². The SMILES string of the molecule is CN(Cc1nccn1C)CC1CCN(CCO)CC1. The Morgan fingerprint density at radius 2 is 2.16 bits per heavy atom. The van der Waals surface area contributed by atoms with Crippen LogP contribution in [0.15, 0.2) is 12.4 Å². The van der Waals surface area contributed by atoms with Gasteiger partial charge >= 0.3 is 0 Å². The number of nitrogens with zero attached hydrogens (tertiary/aromatic N) is 4. The second-order valence-corrected chi connectivity index (χ2v) is 5.66. The van der Waals surface area contributed by atoms with Crippen LogP contribution >= 0.6 is 0 Å². The van der Waals surface area contributed by atoms with Gasteiger partial charge in [-0.15, -0.1) is 0 Å². The first-order valence-electron chi connectivity index (χ1n) is 7.17. The van der Waals surface area contributed by atoms with Crippen LogP contribution in [0.5, 0.6) is 0 Å². The molecule has 1 saturated heterocycles. The maximum atomic E-state index is 8.94. The molecule has 1 fully saturated rings. The van der Waals surface area contributed by atoms with Crippen LogP contribution in [-0.4, -0.2) is 64.3 Å². The monoisotopic (exact) mass is 266 g/mol. The summed E-state index contributed by atoms with van der Waals surface area (Å²) in [5.74, 6) is 1.90. The van der Waals surface area contributed by atoms with Crippen molar-refractivity contribution < 1.29 is 5.11 Å². The number of aliphatic hydroxyl groups excluding tert-OH is 1. The first-order valence-corrected chi connectivity index (χ1v) is 7.17. The van der Waals surface area contributed by atoms with Crippen molar-refractivity contribution in [2.24, 2.45) is 13.0 Å². The van der Waals surface area contributed by atoms with E-state index < -0.39 is 0 Å². The van der Waals surface area contributed by atoms with Gasteiger partial charge in [0.25, 0.3) is 0 Å². The number of rotatable bonds is 6. The van der Waals surface area contributed by atoms with E-state index in [0.717, 1.165) is 44.5 Å². The topological polar surface area (TPSA) is 44.5 Å². The van der Waals surface area contributed by atoms with Crippen LogP contribution < -0.4 is 0 Å². The summed E-state index contributed by atoms with van der Waals surface area (Å²) < 4.78 is 2.08. The Balaban J connectivity index is 1.72. The van der Waals surface area contributed by atoms with Crippen molar-refractivity contribution in [1.29, 1.82) is 0 Å². The fourth-order valence-electron chi connectivity index (χ4n) is 2.83. The minimum Gasteiger partial charge on any atom is -0.395 e. The van der Waals surface area contributed by atoms with E-state index in [1.54, 1.807) is 0 Å². The lowest BCUT2D eigenvalue weighted by molar-refractivity contribution is 0.128. The van der Waals surface area contributed by atoms with Crippen molar-refractivity contribution in [3.05, 3.63) is 18.2 Å².